The highest BCUT2D eigenvalue weighted by atomic mass is 19.4. The molecule has 3 aromatic rings. The second kappa shape index (κ2) is 12.0. The predicted octanol–water partition coefficient (Wildman–Crippen LogP) is 5.87. The Kier molecular flexibility index (Phi) is 8.55. The highest BCUT2D eigenvalue weighted by Crippen LogP contribution is 2.35. The Hall–Kier alpha value is -4.32. The number of anilines is 3. The van der Waals surface area contributed by atoms with Crippen LogP contribution >= 0.6 is 0 Å². The van der Waals surface area contributed by atoms with E-state index in [0.717, 1.165) is 25.0 Å². The maximum absolute atomic E-state index is 13.4. The zero-order chi connectivity index (χ0) is 28.0. The molecule has 4 rings (SSSR count). The van der Waals surface area contributed by atoms with Crippen molar-refractivity contribution in [3.8, 4) is 17.2 Å². The van der Waals surface area contributed by atoms with Crippen LogP contribution in [0.3, 0.4) is 0 Å². The number of rotatable bonds is 10. The van der Waals surface area contributed by atoms with Gasteiger partial charge in [0.15, 0.2) is 0 Å². The third-order valence-corrected chi connectivity index (χ3v) is 5.60. The number of likely N-dealkylation sites (N-methyl/N-ethyl adjacent to an activating group) is 1. The van der Waals surface area contributed by atoms with Gasteiger partial charge in [0.25, 0.3) is 0 Å². The number of benzene rings is 2. The van der Waals surface area contributed by atoms with Gasteiger partial charge in [0.05, 0.1) is 5.56 Å². The van der Waals surface area contributed by atoms with Crippen LogP contribution < -0.4 is 30.7 Å². The van der Waals surface area contributed by atoms with Crippen LogP contribution in [0.1, 0.15) is 25.3 Å². The number of hydrogen-bond donors (Lipinski definition) is 4. The first-order valence-corrected chi connectivity index (χ1v) is 12.3. The molecular weight excluding hydrogens is 515 g/mol. The van der Waals surface area contributed by atoms with Gasteiger partial charge in [0.2, 0.25) is 5.91 Å². The van der Waals surface area contributed by atoms with Crippen LogP contribution in [0.4, 0.5) is 35.2 Å². The van der Waals surface area contributed by atoms with E-state index < -0.39 is 17.8 Å². The topological polar surface area (TPSA) is 114 Å². The van der Waals surface area contributed by atoms with E-state index in [2.05, 4.69) is 26.3 Å². The van der Waals surface area contributed by atoms with E-state index in [1.165, 1.54) is 12.3 Å². The summed E-state index contributed by atoms with van der Waals surface area (Å²) in [7, 11) is 1.70. The zero-order valence-corrected chi connectivity index (χ0v) is 21.3. The second-order valence-corrected chi connectivity index (χ2v) is 9.08. The Bertz CT molecular complexity index is 1310. The Labute approximate surface area is 223 Å². The number of halogens is 3. The molecule has 12 heteroatoms. The lowest BCUT2D eigenvalue weighted by molar-refractivity contribution is -0.137. The molecule has 1 aliphatic carbocycles. The summed E-state index contributed by atoms with van der Waals surface area (Å²) in [4.78, 5) is 28.6. The molecule has 1 fully saturated rings. The van der Waals surface area contributed by atoms with Gasteiger partial charge in [-0.2, -0.15) is 13.2 Å². The number of nitrogens with one attached hydrogen (secondary N) is 4. The molecule has 1 heterocycles. The summed E-state index contributed by atoms with van der Waals surface area (Å²) in [5, 5.41) is 10.6. The first-order chi connectivity index (χ1) is 18.6. The number of aromatic nitrogens is 1. The maximum atomic E-state index is 13.4. The Morgan fingerprint density at radius 2 is 1.67 bits per heavy atom. The summed E-state index contributed by atoms with van der Waals surface area (Å²) >= 11 is 0. The lowest BCUT2D eigenvalue weighted by atomic mass is 10.1. The summed E-state index contributed by atoms with van der Waals surface area (Å²) in [6.45, 7) is 2.14. The van der Waals surface area contributed by atoms with E-state index in [9.17, 15) is 22.8 Å². The van der Waals surface area contributed by atoms with Crippen molar-refractivity contribution in [2.75, 3.05) is 29.5 Å². The zero-order valence-electron chi connectivity index (χ0n) is 21.3. The molecule has 1 aliphatic rings. The van der Waals surface area contributed by atoms with E-state index >= 15 is 0 Å². The van der Waals surface area contributed by atoms with Gasteiger partial charge in [0.1, 0.15) is 29.2 Å². The Morgan fingerprint density at radius 3 is 2.33 bits per heavy atom. The number of nitrogens with zero attached hydrogens (tertiary/aromatic N) is 1. The largest absolute Gasteiger partial charge is 0.489 e. The summed E-state index contributed by atoms with van der Waals surface area (Å²) < 4.78 is 51.5. The fourth-order valence-corrected chi connectivity index (χ4v) is 3.62. The molecule has 206 valence electrons. The number of ether oxygens (including phenoxy) is 2. The average molecular weight is 544 g/mol. The Balaban J connectivity index is 1.37. The molecule has 1 unspecified atom stereocenters. The molecule has 0 radical (unpaired) electrons. The lowest BCUT2D eigenvalue weighted by Crippen LogP contribution is -2.26. The number of amides is 3. The molecule has 0 aliphatic heterocycles. The number of carbonyl (C=O) groups is 2. The number of pyridine rings is 1. The molecule has 3 amide bonds. The van der Waals surface area contributed by atoms with Gasteiger partial charge < -0.3 is 30.7 Å². The van der Waals surface area contributed by atoms with E-state index in [0.29, 0.717) is 29.5 Å². The van der Waals surface area contributed by atoms with Gasteiger partial charge in [-0.1, -0.05) is 0 Å². The summed E-state index contributed by atoms with van der Waals surface area (Å²) in [5.74, 6) is 1.27. The minimum Gasteiger partial charge on any atom is -0.489 e. The standard InChI is InChI=1S/C27H28F3N5O4/c1-16(15-31-2)38-23-12-18(27(28,29)30)11-20(13-23)34-26(37)33-19-5-7-21(8-6-19)39-22-9-10-32-24(14-22)35-25(36)17-3-4-17/h5-14,16-17,31H,3-4,15H2,1-2H3,(H,32,35,36)(H2,33,34,37). The summed E-state index contributed by atoms with van der Waals surface area (Å²) in [6, 6.07) is 11.9. The lowest BCUT2D eigenvalue weighted by Gasteiger charge is -2.17. The van der Waals surface area contributed by atoms with Crippen molar-refractivity contribution < 1.29 is 32.2 Å². The first-order valence-electron chi connectivity index (χ1n) is 12.3. The van der Waals surface area contributed by atoms with E-state index in [-0.39, 0.29) is 29.4 Å². The molecule has 1 aromatic heterocycles. The molecule has 0 bridgehead atoms. The monoisotopic (exact) mass is 543 g/mol. The maximum Gasteiger partial charge on any atom is 0.416 e. The van der Waals surface area contributed by atoms with Gasteiger partial charge in [-0.25, -0.2) is 9.78 Å². The third-order valence-electron chi connectivity index (χ3n) is 5.60. The van der Waals surface area contributed by atoms with Crippen molar-refractivity contribution in [1.82, 2.24) is 10.3 Å². The van der Waals surface area contributed by atoms with Gasteiger partial charge in [-0.05, 0) is 69.3 Å². The molecule has 0 saturated heterocycles. The fourth-order valence-electron chi connectivity index (χ4n) is 3.62. The first kappa shape index (κ1) is 27.7. The van der Waals surface area contributed by atoms with Gasteiger partial charge in [-0.15, -0.1) is 0 Å². The van der Waals surface area contributed by atoms with Crippen molar-refractivity contribution in [2.24, 2.45) is 5.92 Å². The normalized spacial score (nSPS) is 13.8. The quantitative estimate of drug-likeness (QED) is 0.254. The van der Waals surface area contributed by atoms with Crippen LogP contribution in [0.5, 0.6) is 17.2 Å². The SMILES string of the molecule is CNCC(C)Oc1cc(NC(=O)Nc2ccc(Oc3ccnc(NC(=O)C4CC4)c3)cc2)cc(C(F)(F)F)c1. The van der Waals surface area contributed by atoms with Crippen LogP contribution in [0, 0.1) is 5.92 Å². The van der Waals surface area contributed by atoms with Crippen LogP contribution in [-0.4, -0.2) is 36.6 Å². The molecular formula is C27H28F3N5O4. The second-order valence-electron chi connectivity index (χ2n) is 9.08. The molecule has 0 spiro atoms. The average Bonchev–Trinajstić information content (AvgIpc) is 3.71. The van der Waals surface area contributed by atoms with Crippen molar-refractivity contribution in [2.45, 2.75) is 32.0 Å². The van der Waals surface area contributed by atoms with Gasteiger partial charge >= 0.3 is 12.2 Å². The Morgan fingerprint density at radius 1 is 0.949 bits per heavy atom. The van der Waals surface area contributed by atoms with Crippen molar-refractivity contribution in [3.63, 3.8) is 0 Å². The molecule has 4 N–H and O–H groups in total. The van der Waals surface area contributed by atoms with Crippen LogP contribution in [-0.2, 0) is 11.0 Å². The van der Waals surface area contributed by atoms with Crippen molar-refractivity contribution in [1.29, 1.82) is 0 Å². The minimum atomic E-state index is -4.62. The van der Waals surface area contributed by atoms with Crippen LogP contribution in [0.25, 0.3) is 0 Å². The molecule has 39 heavy (non-hydrogen) atoms. The molecule has 1 atom stereocenters. The summed E-state index contributed by atoms with van der Waals surface area (Å²) in [6.07, 6.45) is -1.73. The van der Waals surface area contributed by atoms with Gasteiger partial charge in [0, 0.05) is 42.2 Å². The van der Waals surface area contributed by atoms with Gasteiger partial charge in [-0.3, -0.25) is 4.79 Å². The minimum absolute atomic E-state index is 0.0178. The van der Waals surface area contributed by atoms with Crippen molar-refractivity contribution >= 4 is 29.1 Å². The highest BCUT2D eigenvalue weighted by Gasteiger charge is 2.32. The van der Waals surface area contributed by atoms with Crippen molar-refractivity contribution in [3.05, 3.63) is 66.4 Å². The smallest absolute Gasteiger partial charge is 0.416 e. The molecule has 1 saturated carbocycles. The number of carbonyl (C=O) groups excluding carboxylic acids is 2. The molecule has 2 aromatic carbocycles. The number of urea groups is 1. The molecule has 9 nitrogen and oxygen atoms in total. The van der Waals surface area contributed by atoms with Crippen LogP contribution in [0.15, 0.2) is 60.8 Å². The predicted molar refractivity (Wildman–Crippen MR) is 140 cm³/mol. The number of alkyl halides is 3. The summed E-state index contributed by atoms with van der Waals surface area (Å²) in [5.41, 5.74) is -0.630. The van der Waals surface area contributed by atoms with E-state index in [1.54, 1.807) is 50.4 Å². The van der Waals surface area contributed by atoms with E-state index in [4.69, 9.17) is 9.47 Å². The van der Waals surface area contributed by atoms with Crippen LogP contribution in [0.2, 0.25) is 0 Å². The highest BCUT2D eigenvalue weighted by molar-refractivity contribution is 6.00. The number of hydrogen-bond acceptors (Lipinski definition) is 6. The third kappa shape index (κ3) is 8.34. The van der Waals surface area contributed by atoms with E-state index in [1.807, 2.05) is 0 Å². The fraction of sp³-hybridized carbons (Fsp3) is 0.296.